The van der Waals surface area contributed by atoms with Gasteiger partial charge in [-0.2, -0.15) is 13.2 Å². The van der Waals surface area contributed by atoms with Crippen molar-refractivity contribution in [2.45, 2.75) is 16.0 Å². The van der Waals surface area contributed by atoms with Crippen LogP contribution in [0.25, 0.3) is 6.08 Å². The van der Waals surface area contributed by atoms with E-state index < -0.39 is 17.6 Å². The van der Waals surface area contributed by atoms with Gasteiger partial charge in [0.1, 0.15) is 12.1 Å². The molecule has 0 unspecified atom stereocenters. The smallest absolute Gasteiger partial charge is 0.299 e. The van der Waals surface area contributed by atoms with E-state index in [1.165, 1.54) is 36.4 Å². The third-order valence-corrected chi connectivity index (χ3v) is 3.73. The van der Waals surface area contributed by atoms with Crippen molar-refractivity contribution in [3.8, 4) is 0 Å². The van der Waals surface area contributed by atoms with E-state index in [2.05, 4.69) is 0 Å². The summed E-state index contributed by atoms with van der Waals surface area (Å²) in [5.41, 5.74) is -0.902. The van der Waals surface area contributed by atoms with Crippen LogP contribution in [0.15, 0.2) is 58.3 Å². The van der Waals surface area contributed by atoms with E-state index in [1.54, 1.807) is 0 Å². The number of rotatable bonds is 4. The number of aldehydes is 1. The highest BCUT2D eigenvalue weighted by Crippen LogP contribution is 2.37. The number of halogens is 4. The van der Waals surface area contributed by atoms with Gasteiger partial charge in [0.25, 0.3) is 0 Å². The van der Waals surface area contributed by atoms with E-state index in [1.807, 2.05) is 0 Å². The van der Waals surface area contributed by atoms with Crippen molar-refractivity contribution >= 4 is 24.1 Å². The Morgan fingerprint density at radius 2 is 1.59 bits per heavy atom. The van der Waals surface area contributed by atoms with Crippen LogP contribution in [0.2, 0.25) is 0 Å². The number of hydrogen-bond donors (Lipinski definition) is 0. The lowest BCUT2D eigenvalue weighted by molar-refractivity contribution is -0.137. The fourth-order valence-corrected chi connectivity index (χ4v) is 2.63. The van der Waals surface area contributed by atoms with Crippen molar-refractivity contribution in [3.05, 3.63) is 65.5 Å². The van der Waals surface area contributed by atoms with Crippen LogP contribution in [0.5, 0.6) is 0 Å². The fraction of sp³-hybridized carbons (Fsp3) is 0.0625. The molecule has 0 heterocycles. The SMILES string of the molecule is O=CC=Cc1ccc(Sc2ccc(F)cc2)cc1C(F)(F)F. The van der Waals surface area contributed by atoms with E-state index in [0.717, 1.165) is 30.0 Å². The zero-order valence-corrected chi connectivity index (χ0v) is 11.9. The summed E-state index contributed by atoms with van der Waals surface area (Å²) in [6, 6.07) is 9.31. The predicted molar refractivity (Wildman–Crippen MR) is 77.1 cm³/mol. The molecule has 0 aliphatic rings. The predicted octanol–water partition coefficient (Wildman–Crippen LogP) is 5.21. The number of alkyl halides is 3. The Bertz CT molecular complexity index is 690. The van der Waals surface area contributed by atoms with Gasteiger partial charge < -0.3 is 0 Å². The van der Waals surface area contributed by atoms with Crippen molar-refractivity contribution < 1.29 is 22.4 Å². The van der Waals surface area contributed by atoms with Gasteiger partial charge in [-0.05, 0) is 48.0 Å². The summed E-state index contributed by atoms with van der Waals surface area (Å²) < 4.78 is 52.0. The van der Waals surface area contributed by atoms with Crippen LogP contribution in [-0.4, -0.2) is 6.29 Å². The molecular formula is C16H10F4OS. The first kappa shape index (κ1) is 16.3. The Morgan fingerprint density at radius 3 is 2.18 bits per heavy atom. The second kappa shape index (κ2) is 6.79. The number of benzene rings is 2. The van der Waals surface area contributed by atoms with Gasteiger partial charge in [-0.25, -0.2) is 4.39 Å². The van der Waals surface area contributed by atoms with Crippen molar-refractivity contribution in [2.24, 2.45) is 0 Å². The third-order valence-electron chi connectivity index (χ3n) is 2.73. The quantitative estimate of drug-likeness (QED) is 0.436. The van der Waals surface area contributed by atoms with Gasteiger partial charge in [-0.1, -0.05) is 23.9 Å². The second-order valence-electron chi connectivity index (χ2n) is 4.30. The summed E-state index contributed by atoms with van der Waals surface area (Å²) in [7, 11) is 0. The fourth-order valence-electron chi connectivity index (χ4n) is 1.77. The average molecular weight is 326 g/mol. The molecule has 2 aromatic carbocycles. The molecule has 0 saturated carbocycles. The van der Waals surface area contributed by atoms with Gasteiger partial charge >= 0.3 is 6.18 Å². The van der Waals surface area contributed by atoms with Gasteiger partial charge in [0.2, 0.25) is 0 Å². The Morgan fingerprint density at radius 1 is 0.955 bits per heavy atom. The number of carbonyl (C=O) groups is 1. The molecule has 0 amide bonds. The number of allylic oxidation sites excluding steroid dienone is 1. The minimum atomic E-state index is -4.53. The summed E-state index contributed by atoms with van der Waals surface area (Å²) >= 11 is 1.10. The molecule has 0 radical (unpaired) electrons. The van der Waals surface area contributed by atoms with E-state index in [9.17, 15) is 22.4 Å². The van der Waals surface area contributed by atoms with Crippen molar-refractivity contribution in [2.75, 3.05) is 0 Å². The van der Waals surface area contributed by atoms with Gasteiger partial charge in [-0.3, -0.25) is 4.79 Å². The van der Waals surface area contributed by atoms with Gasteiger partial charge in [0.15, 0.2) is 0 Å². The van der Waals surface area contributed by atoms with E-state index in [4.69, 9.17) is 0 Å². The van der Waals surface area contributed by atoms with Gasteiger partial charge in [0, 0.05) is 9.79 Å². The highest BCUT2D eigenvalue weighted by atomic mass is 32.2. The van der Waals surface area contributed by atoms with E-state index in [0.29, 0.717) is 16.1 Å². The summed E-state index contributed by atoms with van der Waals surface area (Å²) in [4.78, 5) is 11.3. The molecule has 1 nitrogen and oxygen atoms in total. The highest BCUT2D eigenvalue weighted by molar-refractivity contribution is 7.99. The van der Waals surface area contributed by atoms with E-state index in [-0.39, 0.29) is 5.56 Å². The minimum Gasteiger partial charge on any atom is -0.299 e. The molecule has 22 heavy (non-hydrogen) atoms. The average Bonchev–Trinajstić information content (AvgIpc) is 2.47. The van der Waals surface area contributed by atoms with Gasteiger partial charge in [-0.15, -0.1) is 0 Å². The normalized spacial score (nSPS) is 11.8. The zero-order valence-electron chi connectivity index (χ0n) is 11.1. The molecule has 114 valence electrons. The van der Waals surface area contributed by atoms with Crippen LogP contribution in [0.4, 0.5) is 17.6 Å². The monoisotopic (exact) mass is 326 g/mol. The van der Waals surface area contributed by atoms with Crippen LogP contribution in [0, 0.1) is 5.82 Å². The maximum Gasteiger partial charge on any atom is 0.417 e. The highest BCUT2D eigenvalue weighted by Gasteiger charge is 2.33. The molecule has 0 aliphatic heterocycles. The second-order valence-corrected chi connectivity index (χ2v) is 5.44. The van der Waals surface area contributed by atoms with Crippen molar-refractivity contribution in [1.82, 2.24) is 0 Å². The molecular weight excluding hydrogens is 316 g/mol. The van der Waals surface area contributed by atoms with Crippen molar-refractivity contribution in [3.63, 3.8) is 0 Å². The topological polar surface area (TPSA) is 17.1 Å². The van der Waals surface area contributed by atoms with E-state index >= 15 is 0 Å². The Balaban J connectivity index is 2.35. The first-order valence-electron chi connectivity index (χ1n) is 6.16. The van der Waals surface area contributed by atoms with Crippen LogP contribution >= 0.6 is 11.8 Å². The summed E-state index contributed by atoms with van der Waals surface area (Å²) in [6.45, 7) is 0. The molecule has 0 spiro atoms. The molecule has 2 aromatic rings. The van der Waals surface area contributed by atoms with Crippen LogP contribution in [-0.2, 0) is 11.0 Å². The van der Waals surface area contributed by atoms with Gasteiger partial charge in [0.05, 0.1) is 5.56 Å². The summed E-state index contributed by atoms with van der Waals surface area (Å²) in [5.74, 6) is -0.408. The minimum absolute atomic E-state index is 0.0805. The molecule has 0 aliphatic carbocycles. The molecule has 0 atom stereocenters. The van der Waals surface area contributed by atoms with Crippen LogP contribution < -0.4 is 0 Å². The van der Waals surface area contributed by atoms with Crippen LogP contribution in [0.1, 0.15) is 11.1 Å². The molecule has 0 saturated heterocycles. The first-order chi connectivity index (χ1) is 10.4. The number of hydrogen-bond acceptors (Lipinski definition) is 2. The third kappa shape index (κ3) is 4.21. The lowest BCUT2D eigenvalue weighted by atomic mass is 10.1. The molecule has 0 bridgehead atoms. The zero-order chi connectivity index (χ0) is 16.2. The number of carbonyl (C=O) groups excluding carboxylic acids is 1. The Hall–Kier alpha value is -2.08. The standard InChI is InChI=1S/C16H10F4OS/c17-12-4-7-13(8-5-12)22-14-6-3-11(2-1-9-21)15(10-14)16(18,19)20/h1-10H. The maximum atomic E-state index is 13.1. The molecule has 0 N–H and O–H groups in total. The summed E-state index contributed by atoms with van der Waals surface area (Å²) in [6.07, 6.45) is -1.98. The molecule has 0 fully saturated rings. The first-order valence-corrected chi connectivity index (χ1v) is 6.98. The lowest BCUT2D eigenvalue weighted by Crippen LogP contribution is -2.07. The maximum absolute atomic E-state index is 13.1. The molecule has 2 rings (SSSR count). The molecule has 6 heteroatoms. The Labute approximate surface area is 128 Å². The van der Waals surface area contributed by atoms with Crippen LogP contribution in [0.3, 0.4) is 0 Å². The van der Waals surface area contributed by atoms with Crippen molar-refractivity contribution in [1.29, 1.82) is 0 Å². The molecule has 0 aromatic heterocycles. The summed E-state index contributed by atoms with van der Waals surface area (Å²) in [5, 5.41) is 0. The largest absolute Gasteiger partial charge is 0.417 e. The lowest BCUT2D eigenvalue weighted by Gasteiger charge is -2.12. The Kier molecular flexibility index (Phi) is 5.03.